The molecule has 1 unspecified atom stereocenters. The van der Waals surface area contributed by atoms with Gasteiger partial charge >= 0.3 is 0 Å². The van der Waals surface area contributed by atoms with Crippen LogP contribution in [0.25, 0.3) is 0 Å². The zero-order valence-electron chi connectivity index (χ0n) is 10.1. The summed E-state index contributed by atoms with van der Waals surface area (Å²) < 4.78 is 12.8. The van der Waals surface area contributed by atoms with Gasteiger partial charge in [-0.05, 0) is 29.8 Å². The molecule has 0 aromatic carbocycles. The first-order chi connectivity index (χ1) is 7.93. The van der Waals surface area contributed by atoms with Gasteiger partial charge in [-0.2, -0.15) is 5.10 Å². The van der Waals surface area contributed by atoms with Crippen LogP contribution in [-0.2, 0) is 10.8 Å². The second-order valence-electron chi connectivity index (χ2n) is 3.92. The van der Waals surface area contributed by atoms with E-state index in [9.17, 15) is 9.00 Å². The summed E-state index contributed by atoms with van der Waals surface area (Å²) in [5, 5.41) is 7.11. The van der Waals surface area contributed by atoms with Gasteiger partial charge in [-0.15, -0.1) is 0 Å². The van der Waals surface area contributed by atoms with E-state index < -0.39 is 10.8 Å². The Labute approximate surface area is 111 Å². The molecule has 1 N–H and O–H groups in total. The molecule has 1 heterocycles. The smallest absolute Gasteiger partial charge is 0.283 e. The molecular formula is C10H16BrN3O2S. The van der Waals surface area contributed by atoms with Crippen molar-refractivity contribution in [3.05, 3.63) is 21.0 Å². The molecule has 1 aromatic heterocycles. The molecule has 0 saturated carbocycles. The lowest BCUT2D eigenvalue weighted by Crippen LogP contribution is -2.26. The Kier molecular flexibility index (Phi) is 5.32. The Morgan fingerprint density at radius 1 is 1.59 bits per heavy atom. The zero-order valence-corrected chi connectivity index (χ0v) is 12.5. The number of aromatic nitrogens is 2. The van der Waals surface area contributed by atoms with Gasteiger partial charge in [0.2, 0.25) is 0 Å². The molecule has 0 aliphatic rings. The molecule has 1 rings (SSSR count). The Hall–Kier alpha value is -0.690. The van der Waals surface area contributed by atoms with Gasteiger partial charge < -0.3 is 5.32 Å². The van der Waals surface area contributed by atoms with E-state index in [0.29, 0.717) is 22.5 Å². The third-order valence-corrected chi connectivity index (χ3v) is 3.68. The predicted octanol–water partition coefficient (Wildman–Crippen LogP) is 1.38. The van der Waals surface area contributed by atoms with Crippen molar-refractivity contribution in [1.29, 1.82) is 0 Å². The first-order valence-electron chi connectivity index (χ1n) is 5.24. The number of nitrogens with zero attached hydrogens (tertiary/aromatic N) is 2. The average molecular weight is 322 g/mol. The Balaban J connectivity index is 2.86. The number of nitrogens with one attached hydrogen (secondary N) is 1. The third kappa shape index (κ3) is 3.92. The van der Waals surface area contributed by atoms with Crippen molar-refractivity contribution in [2.24, 2.45) is 0 Å². The van der Waals surface area contributed by atoms with Crippen LogP contribution in [0.3, 0.4) is 0 Å². The summed E-state index contributed by atoms with van der Waals surface area (Å²) >= 11 is 3.25. The topological polar surface area (TPSA) is 64.0 Å². The van der Waals surface area contributed by atoms with Crippen LogP contribution in [0.15, 0.2) is 15.5 Å². The molecule has 0 radical (unpaired) electrons. The van der Waals surface area contributed by atoms with Crippen LogP contribution >= 0.6 is 15.9 Å². The standard InChI is InChI=1S/C10H16BrN3O2S/c1-7(2)14-10(15)9(11)8(6-13-14)12-4-5-17(3)16/h6-7,12H,4-5H2,1-3H3. The van der Waals surface area contributed by atoms with Gasteiger partial charge in [-0.3, -0.25) is 9.00 Å². The quantitative estimate of drug-likeness (QED) is 0.889. The van der Waals surface area contributed by atoms with Crippen LogP contribution in [0, 0.1) is 0 Å². The van der Waals surface area contributed by atoms with E-state index in [-0.39, 0.29) is 11.6 Å². The lowest BCUT2D eigenvalue weighted by atomic mass is 10.4. The van der Waals surface area contributed by atoms with Crippen LogP contribution < -0.4 is 10.9 Å². The molecule has 0 aliphatic carbocycles. The van der Waals surface area contributed by atoms with Gasteiger partial charge in [0.1, 0.15) is 4.47 Å². The first-order valence-corrected chi connectivity index (χ1v) is 7.76. The molecule has 17 heavy (non-hydrogen) atoms. The van der Waals surface area contributed by atoms with Gasteiger partial charge in [-0.25, -0.2) is 4.68 Å². The fourth-order valence-electron chi connectivity index (χ4n) is 1.27. The fraction of sp³-hybridized carbons (Fsp3) is 0.600. The van der Waals surface area contributed by atoms with Crippen LogP contribution in [0.1, 0.15) is 19.9 Å². The molecule has 0 saturated heterocycles. The Morgan fingerprint density at radius 3 is 2.76 bits per heavy atom. The van der Waals surface area contributed by atoms with Crippen LogP contribution in [0.4, 0.5) is 5.69 Å². The third-order valence-electron chi connectivity index (χ3n) is 2.14. The van der Waals surface area contributed by atoms with Gasteiger partial charge in [-0.1, -0.05) is 0 Å². The second kappa shape index (κ2) is 6.30. The molecular weight excluding hydrogens is 306 g/mol. The van der Waals surface area contributed by atoms with Crippen LogP contribution in [0.2, 0.25) is 0 Å². The summed E-state index contributed by atoms with van der Waals surface area (Å²) in [7, 11) is -0.844. The van der Waals surface area contributed by atoms with E-state index >= 15 is 0 Å². The van der Waals surface area contributed by atoms with Crippen molar-refractivity contribution in [2.45, 2.75) is 19.9 Å². The van der Waals surface area contributed by atoms with E-state index in [0.717, 1.165) is 0 Å². The molecule has 0 bridgehead atoms. The molecule has 96 valence electrons. The predicted molar refractivity (Wildman–Crippen MR) is 74.0 cm³/mol. The average Bonchev–Trinajstić information content (AvgIpc) is 2.23. The van der Waals surface area contributed by atoms with Crippen molar-refractivity contribution < 1.29 is 4.21 Å². The largest absolute Gasteiger partial charge is 0.382 e. The van der Waals surface area contributed by atoms with E-state index in [4.69, 9.17) is 0 Å². The van der Waals surface area contributed by atoms with Gasteiger partial charge in [0, 0.05) is 29.4 Å². The van der Waals surface area contributed by atoms with Crippen LogP contribution in [0.5, 0.6) is 0 Å². The van der Waals surface area contributed by atoms with Gasteiger partial charge in [0.05, 0.1) is 17.9 Å². The highest BCUT2D eigenvalue weighted by molar-refractivity contribution is 9.10. The summed E-state index contributed by atoms with van der Waals surface area (Å²) in [5.74, 6) is 0.541. The number of rotatable bonds is 5. The molecule has 5 nitrogen and oxygen atoms in total. The zero-order chi connectivity index (χ0) is 13.0. The number of halogens is 1. The van der Waals surface area contributed by atoms with E-state index in [1.54, 1.807) is 12.5 Å². The van der Waals surface area contributed by atoms with Gasteiger partial charge in [0.25, 0.3) is 5.56 Å². The first kappa shape index (κ1) is 14.4. The normalized spacial score (nSPS) is 12.8. The Morgan fingerprint density at radius 2 is 2.24 bits per heavy atom. The molecule has 7 heteroatoms. The highest BCUT2D eigenvalue weighted by atomic mass is 79.9. The Bertz CT molecular complexity index is 473. The molecule has 1 atom stereocenters. The number of hydrogen-bond acceptors (Lipinski definition) is 4. The molecule has 0 fully saturated rings. The van der Waals surface area contributed by atoms with Crippen LogP contribution in [-0.4, -0.2) is 32.5 Å². The monoisotopic (exact) mass is 321 g/mol. The summed E-state index contributed by atoms with van der Waals surface area (Å²) in [5.41, 5.74) is 0.472. The highest BCUT2D eigenvalue weighted by Crippen LogP contribution is 2.16. The summed E-state index contributed by atoms with van der Waals surface area (Å²) in [6.07, 6.45) is 3.25. The summed E-state index contributed by atoms with van der Waals surface area (Å²) in [6, 6.07) is 0.0241. The second-order valence-corrected chi connectivity index (χ2v) is 6.27. The summed E-state index contributed by atoms with van der Waals surface area (Å²) in [4.78, 5) is 11.9. The molecule has 0 aliphatic heterocycles. The number of hydrogen-bond donors (Lipinski definition) is 1. The van der Waals surface area contributed by atoms with Crippen molar-refractivity contribution in [3.8, 4) is 0 Å². The van der Waals surface area contributed by atoms with Crippen molar-refractivity contribution in [2.75, 3.05) is 23.9 Å². The minimum absolute atomic E-state index is 0.0241. The molecule has 0 spiro atoms. The maximum Gasteiger partial charge on any atom is 0.283 e. The summed E-state index contributed by atoms with van der Waals surface area (Å²) in [6.45, 7) is 4.34. The van der Waals surface area contributed by atoms with E-state index in [2.05, 4.69) is 26.3 Å². The molecule has 0 amide bonds. The minimum Gasteiger partial charge on any atom is -0.382 e. The van der Waals surface area contributed by atoms with Crippen molar-refractivity contribution in [1.82, 2.24) is 9.78 Å². The van der Waals surface area contributed by atoms with Crippen molar-refractivity contribution >= 4 is 32.4 Å². The minimum atomic E-state index is -0.844. The number of anilines is 1. The van der Waals surface area contributed by atoms with E-state index in [1.165, 1.54) is 4.68 Å². The maximum absolute atomic E-state index is 11.9. The van der Waals surface area contributed by atoms with E-state index in [1.807, 2.05) is 13.8 Å². The lowest BCUT2D eigenvalue weighted by molar-refractivity contribution is 0.501. The lowest BCUT2D eigenvalue weighted by Gasteiger charge is -2.12. The SMILES string of the molecule is CC(C)n1ncc(NCCS(C)=O)c(Br)c1=O. The molecule has 1 aromatic rings. The highest BCUT2D eigenvalue weighted by Gasteiger charge is 2.10. The fourth-order valence-corrected chi connectivity index (χ4v) is 2.08. The van der Waals surface area contributed by atoms with Crippen molar-refractivity contribution in [3.63, 3.8) is 0 Å². The van der Waals surface area contributed by atoms with Gasteiger partial charge in [0.15, 0.2) is 0 Å². The maximum atomic E-state index is 11.9.